The first-order chi connectivity index (χ1) is 11.7. The number of halogens is 1. The van der Waals surface area contributed by atoms with Crippen molar-refractivity contribution < 1.29 is 4.74 Å². The van der Waals surface area contributed by atoms with Gasteiger partial charge in [-0.1, -0.05) is 11.6 Å². The van der Waals surface area contributed by atoms with Crippen molar-refractivity contribution in [3.8, 4) is 11.9 Å². The summed E-state index contributed by atoms with van der Waals surface area (Å²) in [5, 5.41) is 9.41. The summed E-state index contributed by atoms with van der Waals surface area (Å²) in [6.07, 6.45) is 5.09. The third-order valence-corrected chi connectivity index (χ3v) is 4.39. The fourth-order valence-corrected chi connectivity index (χ4v) is 3.03. The lowest BCUT2D eigenvalue weighted by Crippen LogP contribution is -2.36. The number of aromatic nitrogens is 3. The molecule has 0 aromatic carbocycles. The molecule has 0 radical (unpaired) electrons. The Labute approximate surface area is 146 Å². The molecule has 1 aliphatic rings. The van der Waals surface area contributed by atoms with Crippen LogP contribution in [0.2, 0.25) is 5.02 Å². The highest BCUT2D eigenvalue weighted by Crippen LogP contribution is 2.28. The highest BCUT2D eigenvalue weighted by Gasteiger charge is 2.22. The van der Waals surface area contributed by atoms with Gasteiger partial charge in [-0.3, -0.25) is 0 Å². The van der Waals surface area contributed by atoms with E-state index in [1.165, 1.54) is 6.33 Å². The molecule has 1 saturated heterocycles. The molecule has 0 amide bonds. The topological polar surface area (TPSA) is 74.9 Å². The molecule has 24 heavy (non-hydrogen) atoms. The quantitative estimate of drug-likeness (QED) is 0.849. The van der Waals surface area contributed by atoms with Gasteiger partial charge in [-0.05, 0) is 31.7 Å². The minimum Gasteiger partial charge on any atom is -0.477 e. The average molecular weight is 344 g/mol. The second-order valence-corrected chi connectivity index (χ2v) is 6.29. The molecule has 6 nitrogen and oxygen atoms in total. The van der Waals surface area contributed by atoms with E-state index in [0.717, 1.165) is 37.4 Å². The summed E-state index contributed by atoms with van der Waals surface area (Å²) in [6.45, 7) is 4.31. The van der Waals surface area contributed by atoms with Gasteiger partial charge in [0.2, 0.25) is 5.88 Å². The third-order valence-electron chi connectivity index (χ3n) is 4.11. The Morgan fingerprint density at radius 3 is 2.75 bits per heavy atom. The Hall–Kier alpha value is -2.39. The summed E-state index contributed by atoms with van der Waals surface area (Å²) < 4.78 is 5.77. The van der Waals surface area contributed by atoms with Gasteiger partial charge in [-0.25, -0.2) is 15.0 Å². The van der Waals surface area contributed by atoms with Crippen LogP contribution in [-0.4, -0.2) is 34.6 Å². The van der Waals surface area contributed by atoms with Gasteiger partial charge in [0, 0.05) is 31.0 Å². The van der Waals surface area contributed by atoms with E-state index >= 15 is 0 Å². The minimum absolute atomic E-state index is 0.479. The first-order valence-electron chi connectivity index (χ1n) is 7.87. The predicted octanol–water partition coefficient (Wildman–Crippen LogP) is 3.00. The van der Waals surface area contributed by atoms with Gasteiger partial charge in [0.1, 0.15) is 18.2 Å². The maximum atomic E-state index is 8.88. The van der Waals surface area contributed by atoms with E-state index < -0.39 is 0 Å². The van der Waals surface area contributed by atoms with Gasteiger partial charge in [0.05, 0.1) is 17.2 Å². The van der Waals surface area contributed by atoms with Crippen molar-refractivity contribution in [3.05, 3.63) is 40.9 Å². The van der Waals surface area contributed by atoms with Crippen LogP contribution in [0.5, 0.6) is 5.88 Å². The van der Waals surface area contributed by atoms with E-state index in [9.17, 15) is 0 Å². The first kappa shape index (κ1) is 16.5. The Bertz CT molecular complexity index is 753. The zero-order chi connectivity index (χ0) is 16.9. The van der Waals surface area contributed by atoms with E-state index in [1.54, 1.807) is 12.3 Å². The number of rotatable bonds is 4. The van der Waals surface area contributed by atoms with Crippen LogP contribution in [0.15, 0.2) is 24.7 Å². The second kappa shape index (κ2) is 7.45. The Morgan fingerprint density at radius 1 is 1.29 bits per heavy atom. The molecule has 3 rings (SSSR count). The smallest absolute Gasteiger partial charge is 0.216 e. The standard InChI is InChI=1S/C17H18ClN5O/c1-12-6-16(22-11-21-12)24-10-13-2-4-23(5-3-13)17-15(18)7-14(8-19)9-20-17/h6-7,9,11,13H,2-5,10H2,1H3. The second-order valence-electron chi connectivity index (χ2n) is 5.88. The van der Waals surface area contributed by atoms with Crippen molar-refractivity contribution in [2.24, 2.45) is 5.92 Å². The lowest BCUT2D eigenvalue weighted by Gasteiger charge is -2.33. The van der Waals surface area contributed by atoms with Crippen molar-refractivity contribution in [1.82, 2.24) is 15.0 Å². The zero-order valence-corrected chi connectivity index (χ0v) is 14.2. The van der Waals surface area contributed by atoms with Crippen LogP contribution in [0.25, 0.3) is 0 Å². The largest absolute Gasteiger partial charge is 0.477 e. The number of hydrogen-bond donors (Lipinski definition) is 0. The van der Waals surface area contributed by atoms with Crippen LogP contribution in [-0.2, 0) is 0 Å². The molecule has 0 saturated carbocycles. The molecule has 0 aliphatic carbocycles. The number of aryl methyl sites for hydroxylation is 1. The molecule has 2 aromatic rings. The molecular formula is C17H18ClN5O. The Morgan fingerprint density at radius 2 is 2.08 bits per heavy atom. The zero-order valence-electron chi connectivity index (χ0n) is 13.4. The Balaban J connectivity index is 1.53. The summed E-state index contributed by atoms with van der Waals surface area (Å²) in [4.78, 5) is 14.7. The monoisotopic (exact) mass is 343 g/mol. The van der Waals surface area contributed by atoms with E-state index in [0.29, 0.717) is 29.0 Å². The van der Waals surface area contributed by atoms with Gasteiger partial charge >= 0.3 is 0 Å². The number of ether oxygens (including phenoxy) is 1. The van der Waals surface area contributed by atoms with Crippen molar-refractivity contribution in [2.45, 2.75) is 19.8 Å². The minimum atomic E-state index is 0.479. The van der Waals surface area contributed by atoms with Gasteiger partial charge in [0.15, 0.2) is 0 Å². The Kier molecular flexibility index (Phi) is 5.11. The van der Waals surface area contributed by atoms with E-state index in [2.05, 4.69) is 19.9 Å². The number of nitrogens with zero attached hydrogens (tertiary/aromatic N) is 5. The normalized spacial score (nSPS) is 15.1. The average Bonchev–Trinajstić information content (AvgIpc) is 2.60. The highest BCUT2D eigenvalue weighted by molar-refractivity contribution is 6.33. The van der Waals surface area contributed by atoms with Crippen molar-refractivity contribution in [1.29, 1.82) is 5.26 Å². The maximum absolute atomic E-state index is 8.88. The SMILES string of the molecule is Cc1cc(OCC2CCN(c3ncc(C#N)cc3Cl)CC2)ncn1. The molecule has 3 heterocycles. The van der Waals surface area contributed by atoms with Crippen molar-refractivity contribution >= 4 is 17.4 Å². The molecular weight excluding hydrogens is 326 g/mol. The molecule has 124 valence electrons. The number of piperidine rings is 1. The molecule has 2 aromatic heterocycles. The van der Waals surface area contributed by atoms with Crippen LogP contribution < -0.4 is 9.64 Å². The molecule has 7 heteroatoms. The number of nitriles is 1. The van der Waals surface area contributed by atoms with Gasteiger partial charge in [-0.15, -0.1) is 0 Å². The van der Waals surface area contributed by atoms with Crippen LogP contribution >= 0.6 is 11.6 Å². The van der Waals surface area contributed by atoms with Gasteiger partial charge < -0.3 is 9.64 Å². The van der Waals surface area contributed by atoms with Crippen LogP contribution in [0.1, 0.15) is 24.1 Å². The van der Waals surface area contributed by atoms with Crippen LogP contribution in [0, 0.1) is 24.2 Å². The summed E-state index contributed by atoms with van der Waals surface area (Å²) in [7, 11) is 0. The summed E-state index contributed by atoms with van der Waals surface area (Å²) in [5.41, 5.74) is 1.38. The highest BCUT2D eigenvalue weighted by atomic mass is 35.5. The maximum Gasteiger partial charge on any atom is 0.216 e. The molecule has 0 spiro atoms. The lowest BCUT2D eigenvalue weighted by atomic mass is 9.98. The fraction of sp³-hybridized carbons (Fsp3) is 0.412. The summed E-state index contributed by atoms with van der Waals surface area (Å²) in [6, 6.07) is 5.55. The molecule has 0 bridgehead atoms. The van der Waals surface area contributed by atoms with E-state index in [-0.39, 0.29) is 0 Å². The lowest BCUT2D eigenvalue weighted by molar-refractivity contribution is 0.215. The van der Waals surface area contributed by atoms with Crippen molar-refractivity contribution in [3.63, 3.8) is 0 Å². The molecule has 1 aliphatic heterocycles. The van der Waals surface area contributed by atoms with Crippen molar-refractivity contribution in [2.75, 3.05) is 24.6 Å². The molecule has 0 N–H and O–H groups in total. The summed E-state index contributed by atoms with van der Waals surface area (Å²) >= 11 is 6.24. The van der Waals surface area contributed by atoms with E-state index in [1.807, 2.05) is 19.1 Å². The predicted molar refractivity (Wildman–Crippen MR) is 91.2 cm³/mol. The van der Waals surface area contributed by atoms with Gasteiger partial charge in [0.25, 0.3) is 0 Å². The fourth-order valence-electron chi connectivity index (χ4n) is 2.75. The molecule has 0 unspecified atom stereocenters. The van der Waals surface area contributed by atoms with Gasteiger partial charge in [-0.2, -0.15) is 5.26 Å². The number of pyridine rings is 1. The summed E-state index contributed by atoms with van der Waals surface area (Å²) in [5.74, 6) is 1.86. The number of anilines is 1. The number of hydrogen-bond acceptors (Lipinski definition) is 6. The van der Waals surface area contributed by atoms with E-state index in [4.69, 9.17) is 21.6 Å². The molecule has 0 atom stereocenters. The molecule has 1 fully saturated rings. The first-order valence-corrected chi connectivity index (χ1v) is 8.25. The van der Waals surface area contributed by atoms with Crippen LogP contribution in [0.4, 0.5) is 5.82 Å². The third kappa shape index (κ3) is 3.92. The van der Waals surface area contributed by atoms with Crippen LogP contribution in [0.3, 0.4) is 0 Å².